The molecule has 1 aliphatic rings. The summed E-state index contributed by atoms with van der Waals surface area (Å²) in [4.78, 5) is 11.0. The number of carbonyl (C=O) groups is 1. The topological polar surface area (TPSA) is 63.7 Å². The third-order valence-electron chi connectivity index (χ3n) is 3.04. The Balaban J connectivity index is 2.43. The number of rotatable bonds is 9. The lowest BCUT2D eigenvalue weighted by Crippen LogP contribution is -2.35. The predicted octanol–water partition coefficient (Wildman–Crippen LogP) is 1.39. The van der Waals surface area contributed by atoms with Crippen LogP contribution in [-0.2, 0) is 19.6 Å². The van der Waals surface area contributed by atoms with Gasteiger partial charge in [0, 0.05) is 19.5 Å². The number of hydrogen-bond acceptors (Lipinski definition) is 4. The maximum atomic E-state index is 12.1. The van der Waals surface area contributed by atoms with E-state index >= 15 is 0 Å². The smallest absolute Gasteiger partial charge is 0.305 e. The highest BCUT2D eigenvalue weighted by molar-refractivity contribution is 7.89. The summed E-state index contributed by atoms with van der Waals surface area (Å²) in [6.07, 6.45) is 3.59. The standard InChI is InChI=1S/C12H23NO4S/c1-3-8-13(10-11-6-7-11)18(15,16)9-4-5-12(14)17-2/h11H,3-10H2,1-2H3. The van der Waals surface area contributed by atoms with Gasteiger partial charge in [-0.15, -0.1) is 0 Å². The third kappa shape index (κ3) is 5.35. The van der Waals surface area contributed by atoms with Crippen molar-refractivity contribution >= 4 is 16.0 Å². The number of carbonyl (C=O) groups excluding carboxylic acids is 1. The van der Waals surface area contributed by atoms with Gasteiger partial charge in [0.2, 0.25) is 10.0 Å². The Hall–Kier alpha value is -0.620. The zero-order valence-electron chi connectivity index (χ0n) is 11.2. The maximum Gasteiger partial charge on any atom is 0.305 e. The van der Waals surface area contributed by atoms with Gasteiger partial charge in [0.05, 0.1) is 12.9 Å². The summed E-state index contributed by atoms with van der Waals surface area (Å²) in [5.74, 6) is 0.232. The average molecular weight is 277 g/mol. The lowest BCUT2D eigenvalue weighted by Gasteiger charge is -2.21. The van der Waals surface area contributed by atoms with Crippen LogP contribution >= 0.6 is 0 Å². The van der Waals surface area contributed by atoms with Crippen LogP contribution in [0.15, 0.2) is 0 Å². The van der Waals surface area contributed by atoms with Gasteiger partial charge < -0.3 is 4.74 Å². The molecule has 1 aliphatic carbocycles. The molecule has 0 unspecified atom stereocenters. The van der Waals surface area contributed by atoms with Crippen molar-refractivity contribution in [1.82, 2.24) is 4.31 Å². The highest BCUT2D eigenvalue weighted by Gasteiger charge is 2.29. The zero-order valence-corrected chi connectivity index (χ0v) is 12.0. The number of esters is 1. The van der Waals surface area contributed by atoms with Crippen molar-refractivity contribution in [3.8, 4) is 0 Å². The van der Waals surface area contributed by atoms with E-state index in [4.69, 9.17) is 0 Å². The second-order valence-corrected chi connectivity index (χ2v) is 6.89. The van der Waals surface area contributed by atoms with E-state index in [-0.39, 0.29) is 18.1 Å². The molecule has 0 bridgehead atoms. The Morgan fingerprint density at radius 2 is 2.06 bits per heavy atom. The Morgan fingerprint density at radius 1 is 1.39 bits per heavy atom. The predicted molar refractivity (Wildman–Crippen MR) is 69.6 cm³/mol. The summed E-state index contributed by atoms with van der Waals surface area (Å²) in [7, 11) is -1.91. The van der Waals surface area contributed by atoms with Gasteiger partial charge in [-0.2, -0.15) is 0 Å². The van der Waals surface area contributed by atoms with E-state index in [0.29, 0.717) is 25.4 Å². The zero-order chi connectivity index (χ0) is 13.6. The first-order valence-electron chi connectivity index (χ1n) is 6.54. The molecule has 0 heterocycles. The van der Waals surface area contributed by atoms with Gasteiger partial charge in [-0.3, -0.25) is 4.79 Å². The second-order valence-electron chi connectivity index (χ2n) is 4.80. The lowest BCUT2D eigenvalue weighted by molar-refractivity contribution is -0.140. The molecule has 1 saturated carbocycles. The van der Waals surface area contributed by atoms with Crippen LogP contribution in [0.1, 0.15) is 39.0 Å². The number of methoxy groups -OCH3 is 1. The molecule has 0 aromatic rings. The fourth-order valence-electron chi connectivity index (χ4n) is 1.81. The molecular formula is C12H23NO4S. The van der Waals surface area contributed by atoms with E-state index in [1.807, 2.05) is 6.92 Å². The highest BCUT2D eigenvalue weighted by Crippen LogP contribution is 2.30. The Kier molecular flexibility index (Phi) is 6.08. The van der Waals surface area contributed by atoms with Gasteiger partial charge in [0.25, 0.3) is 0 Å². The first-order chi connectivity index (χ1) is 8.49. The average Bonchev–Trinajstić information content (AvgIpc) is 3.12. The van der Waals surface area contributed by atoms with Crippen LogP contribution in [0.2, 0.25) is 0 Å². The minimum absolute atomic E-state index is 0.0365. The van der Waals surface area contributed by atoms with E-state index in [1.165, 1.54) is 7.11 Å². The fraction of sp³-hybridized carbons (Fsp3) is 0.917. The first kappa shape index (κ1) is 15.4. The van der Waals surface area contributed by atoms with Crippen molar-refractivity contribution in [2.75, 3.05) is 26.0 Å². The van der Waals surface area contributed by atoms with Gasteiger partial charge >= 0.3 is 5.97 Å². The molecule has 0 amide bonds. The van der Waals surface area contributed by atoms with Crippen LogP contribution in [0.4, 0.5) is 0 Å². The summed E-state index contributed by atoms with van der Waals surface area (Å²) < 4.78 is 30.3. The first-order valence-corrected chi connectivity index (χ1v) is 8.15. The van der Waals surface area contributed by atoms with Crippen molar-refractivity contribution in [3.63, 3.8) is 0 Å². The molecule has 18 heavy (non-hydrogen) atoms. The molecule has 1 fully saturated rings. The highest BCUT2D eigenvalue weighted by atomic mass is 32.2. The summed E-state index contributed by atoms with van der Waals surface area (Å²) in [6.45, 7) is 3.20. The van der Waals surface area contributed by atoms with Crippen LogP contribution in [0.25, 0.3) is 0 Å². The van der Waals surface area contributed by atoms with Crippen LogP contribution in [0.3, 0.4) is 0 Å². The Labute approximate surface area is 110 Å². The van der Waals surface area contributed by atoms with E-state index in [9.17, 15) is 13.2 Å². The molecule has 0 aromatic carbocycles. The summed E-state index contributed by atoms with van der Waals surface area (Å²) >= 11 is 0. The van der Waals surface area contributed by atoms with E-state index in [0.717, 1.165) is 19.3 Å². The Bertz CT molecular complexity index is 362. The molecule has 1 rings (SSSR count). The summed E-state index contributed by atoms with van der Waals surface area (Å²) in [5.41, 5.74) is 0. The summed E-state index contributed by atoms with van der Waals surface area (Å²) in [5, 5.41) is 0. The van der Waals surface area contributed by atoms with Crippen LogP contribution < -0.4 is 0 Å². The van der Waals surface area contributed by atoms with Crippen LogP contribution in [0, 0.1) is 5.92 Å². The molecular weight excluding hydrogens is 254 g/mol. The quantitative estimate of drug-likeness (QED) is 0.597. The van der Waals surface area contributed by atoms with Crippen molar-refractivity contribution in [2.24, 2.45) is 5.92 Å². The Morgan fingerprint density at radius 3 is 2.56 bits per heavy atom. The molecule has 5 nitrogen and oxygen atoms in total. The number of nitrogens with zero attached hydrogens (tertiary/aromatic N) is 1. The molecule has 0 saturated heterocycles. The molecule has 6 heteroatoms. The van der Waals surface area contributed by atoms with E-state index in [2.05, 4.69) is 4.74 Å². The minimum atomic E-state index is -3.22. The monoisotopic (exact) mass is 277 g/mol. The number of hydrogen-bond donors (Lipinski definition) is 0. The van der Waals surface area contributed by atoms with Gasteiger partial charge in [-0.1, -0.05) is 6.92 Å². The molecule has 0 aromatic heterocycles. The van der Waals surface area contributed by atoms with Crippen molar-refractivity contribution < 1.29 is 17.9 Å². The SMILES string of the molecule is CCCN(CC1CC1)S(=O)(=O)CCCC(=O)OC. The normalized spacial score (nSPS) is 15.9. The lowest BCUT2D eigenvalue weighted by atomic mass is 10.3. The van der Waals surface area contributed by atoms with Crippen molar-refractivity contribution in [1.29, 1.82) is 0 Å². The molecule has 0 spiro atoms. The maximum absolute atomic E-state index is 12.1. The van der Waals surface area contributed by atoms with E-state index < -0.39 is 10.0 Å². The molecule has 0 N–H and O–H groups in total. The molecule has 0 radical (unpaired) electrons. The van der Waals surface area contributed by atoms with Crippen molar-refractivity contribution in [3.05, 3.63) is 0 Å². The van der Waals surface area contributed by atoms with Gasteiger partial charge in [0.1, 0.15) is 0 Å². The fourth-order valence-corrected chi connectivity index (χ4v) is 3.48. The van der Waals surface area contributed by atoms with Gasteiger partial charge in [-0.25, -0.2) is 12.7 Å². The van der Waals surface area contributed by atoms with E-state index in [1.54, 1.807) is 4.31 Å². The number of ether oxygens (including phenoxy) is 1. The van der Waals surface area contributed by atoms with Gasteiger partial charge in [-0.05, 0) is 31.6 Å². The van der Waals surface area contributed by atoms with Crippen molar-refractivity contribution in [2.45, 2.75) is 39.0 Å². The molecule has 0 atom stereocenters. The van der Waals surface area contributed by atoms with Crippen LogP contribution in [0.5, 0.6) is 0 Å². The molecule has 106 valence electrons. The third-order valence-corrected chi connectivity index (χ3v) is 4.96. The number of sulfonamides is 1. The largest absolute Gasteiger partial charge is 0.469 e. The second kappa shape index (κ2) is 7.09. The minimum Gasteiger partial charge on any atom is -0.469 e. The summed E-state index contributed by atoms with van der Waals surface area (Å²) in [6, 6.07) is 0. The molecule has 0 aliphatic heterocycles. The van der Waals surface area contributed by atoms with Crippen LogP contribution in [-0.4, -0.2) is 44.6 Å². The van der Waals surface area contributed by atoms with Gasteiger partial charge in [0.15, 0.2) is 0 Å².